The van der Waals surface area contributed by atoms with E-state index < -0.39 is 23.8 Å². The van der Waals surface area contributed by atoms with Crippen LogP contribution in [-0.2, 0) is 16.0 Å². The topological polar surface area (TPSA) is 118 Å². The molecule has 0 saturated carbocycles. The summed E-state index contributed by atoms with van der Waals surface area (Å²) in [6.07, 6.45) is -0.0335. The fourth-order valence-electron chi connectivity index (χ4n) is 2.00. The van der Waals surface area contributed by atoms with E-state index in [4.69, 9.17) is 5.73 Å². The molecule has 0 bridgehead atoms. The van der Waals surface area contributed by atoms with E-state index in [1.807, 2.05) is 0 Å². The molecule has 112 valence electrons. The Morgan fingerprint density at radius 2 is 1.57 bits per heavy atom. The normalized spacial score (nSPS) is 12.0. The molecule has 0 unspecified atom stereocenters. The molecule has 0 aliphatic heterocycles. The monoisotopic (exact) mass is 291 g/mol. The Labute approximate surface area is 121 Å². The number of primary amides is 1. The Morgan fingerprint density at radius 1 is 1.05 bits per heavy atom. The van der Waals surface area contributed by atoms with Crippen LogP contribution in [0.2, 0.25) is 0 Å². The van der Waals surface area contributed by atoms with Gasteiger partial charge in [-0.05, 0) is 23.6 Å². The quantitative estimate of drug-likeness (QED) is 0.685. The highest BCUT2D eigenvalue weighted by atomic mass is 16.4. The largest absolute Gasteiger partial charge is 0.478 e. The van der Waals surface area contributed by atoms with Crippen molar-refractivity contribution in [3.63, 3.8) is 0 Å². The van der Waals surface area contributed by atoms with Gasteiger partial charge in [-0.25, -0.2) is 9.59 Å². The van der Waals surface area contributed by atoms with Crippen LogP contribution in [0.5, 0.6) is 0 Å². The molecule has 0 aromatic heterocycles. The zero-order valence-corrected chi connectivity index (χ0v) is 11.8. The number of carboxylic acids is 2. The molecule has 0 atom stereocenters. The Morgan fingerprint density at radius 3 is 1.90 bits per heavy atom. The van der Waals surface area contributed by atoms with E-state index in [9.17, 15) is 24.6 Å². The molecule has 6 heteroatoms. The highest BCUT2D eigenvalue weighted by Gasteiger charge is 2.23. The summed E-state index contributed by atoms with van der Waals surface area (Å²) in [6.45, 7) is 3.26. The van der Waals surface area contributed by atoms with Crippen LogP contribution in [-0.4, -0.2) is 28.1 Å². The summed E-state index contributed by atoms with van der Waals surface area (Å²) in [5, 5.41) is 18.4. The van der Waals surface area contributed by atoms with Crippen LogP contribution < -0.4 is 5.73 Å². The standard InChI is InChI=1S/C15H17NO5/c1-8(2)12(15(20)21)11(14(18)19)7-9-3-5-10(6-4-9)13(16)17/h3-6,8H,7H2,1-2H3,(H2,16,17)(H,18,19)(H,20,21)/b12-11-. The average Bonchev–Trinajstić information content (AvgIpc) is 2.37. The van der Waals surface area contributed by atoms with Gasteiger partial charge < -0.3 is 15.9 Å². The molecular weight excluding hydrogens is 274 g/mol. The molecule has 1 amide bonds. The van der Waals surface area contributed by atoms with Gasteiger partial charge in [0.2, 0.25) is 5.91 Å². The molecule has 21 heavy (non-hydrogen) atoms. The van der Waals surface area contributed by atoms with Crippen LogP contribution in [0.15, 0.2) is 35.4 Å². The predicted octanol–water partition coefficient (Wildman–Crippen LogP) is 1.45. The summed E-state index contributed by atoms with van der Waals surface area (Å²) in [5.41, 5.74) is 5.74. The summed E-state index contributed by atoms with van der Waals surface area (Å²) < 4.78 is 0. The van der Waals surface area contributed by atoms with E-state index in [0.717, 1.165) is 0 Å². The zero-order chi connectivity index (χ0) is 16.2. The third kappa shape index (κ3) is 4.17. The highest BCUT2D eigenvalue weighted by molar-refractivity contribution is 5.99. The average molecular weight is 291 g/mol. The van der Waals surface area contributed by atoms with Gasteiger partial charge in [0.25, 0.3) is 0 Å². The summed E-state index contributed by atoms with van der Waals surface area (Å²) in [7, 11) is 0. The van der Waals surface area contributed by atoms with Crippen LogP contribution in [0.25, 0.3) is 0 Å². The molecule has 0 heterocycles. The van der Waals surface area contributed by atoms with Crippen LogP contribution in [0, 0.1) is 5.92 Å². The van der Waals surface area contributed by atoms with Gasteiger partial charge in [-0.1, -0.05) is 26.0 Å². The van der Waals surface area contributed by atoms with Crippen molar-refractivity contribution in [2.45, 2.75) is 20.3 Å². The first-order chi connectivity index (χ1) is 9.73. The van der Waals surface area contributed by atoms with Gasteiger partial charge in [0.15, 0.2) is 0 Å². The number of hydrogen-bond acceptors (Lipinski definition) is 3. The van der Waals surface area contributed by atoms with E-state index in [-0.39, 0.29) is 17.6 Å². The van der Waals surface area contributed by atoms with E-state index in [2.05, 4.69) is 0 Å². The second-order valence-corrected chi connectivity index (χ2v) is 4.90. The van der Waals surface area contributed by atoms with Crippen LogP contribution in [0.4, 0.5) is 0 Å². The number of carbonyl (C=O) groups excluding carboxylic acids is 1. The van der Waals surface area contributed by atoms with Gasteiger partial charge in [0.1, 0.15) is 0 Å². The summed E-state index contributed by atoms with van der Waals surface area (Å²) in [6, 6.07) is 6.07. The summed E-state index contributed by atoms with van der Waals surface area (Å²) >= 11 is 0. The van der Waals surface area contributed by atoms with E-state index in [0.29, 0.717) is 11.1 Å². The number of aliphatic carboxylic acids is 2. The van der Waals surface area contributed by atoms with Gasteiger partial charge >= 0.3 is 11.9 Å². The van der Waals surface area contributed by atoms with E-state index >= 15 is 0 Å². The Balaban J connectivity index is 3.20. The number of nitrogens with two attached hydrogens (primary N) is 1. The minimum absolute atomic E-state index is 0.0335. The molecule has 0 spiro atoms. The first kappa shape index (κ1) is 16.4. The third-order valence-corrected chi connectivity index (χ3v) is 3.01. The number of amides is 1. The zero-order valence-electron chi connectivity index (χ0n) is 11.8. The molecule has 1 aromatic carbocycles. The van der Waals surface area contributed by atoms with Gasteiger partial charge in [0, 0.05) is 12.0 Å². The second kappa shape index (κ2) is 6.69. The van der Waals surface area contributed by atoms with Crippen molar-refractivity contribution in [2.24, 2.45) is 11.7 Å². The SMILES string of the molecule is CC(C)/C(C(=O)O)=C(\Cc1ccc(C(N)=O)cc1)C(=O)O. The first-order valence-electron chi connectivity index (χ1n) is 6.32. The maximum Gasteiger partial charge on any atom is 0.332 e. The lowest BCUT2D eigenvalue weighted by Gasteiger charge is -2.12. The molecule has 1 rings (SSSR count). The van der Waals surface area contributed by atoms with Crippen LogP contribution >= 0.6 is 0 Å². The molecule has 4 N–H and O–H groups in total. The van der Waals surface area contributed by atoms with Gasteiger partial charge in [-0.2, -0.15) is 0 Å². The van der Waals surface area contributed by atoms with Crippen LogP contribution in [0.3, 0.4) is 0 Å². The minimum Gasteiger partial charge on any atom is -0.478 e. The molecule has 0 radical (unpaired) electrons. The number of carbonyl (C=O) groups is 3. The van der Waals surface area contributed by atoms with Crippen molar-refractivity contribution in [3.05, 3.63) is 46.5 Å². The van der Waals surface area contributed by atoms with Gasteiger partial charge in [-0.3, -0.25) is 4.79 Å². The smallest absolute Gasteiger partial charge is 0.332 e. The number of carboxylic acid groups (broad SMARTS) is 2. The fraction of sp³-hybridized carbons (Fsp3) is 0.267. The van der Waals surface area contributed by atoms with Gasteiger partial charge in [0.05, 0.1) is 11.1 Å². The Kier molecular flexibility index (Phi) is 5.24. The lowest BCUT2D eigenvalue weighted by Crippen LogP contribution is -2.17. The number of benzene rings is 1. The molecule has 0 aliphatic rings. The van der Waals surface area contributed by atoms with Crippen molar-refractivity contribution in [2.75, 3.05) is 0 Å². The van der Waals surface area contributed by atoms with Gasteiger partial charge in [-0.15, -0.1) is 0 Å². The lowest BCUT2D eigenvalue weighted by molar-refractivity contribution is -0.136. The predicted molar refractivity (Wildman–Crippen MR) is 75.8 cm³/mol. The van der Waals surface area contributed by atoms with Crippen LogP contribution in [0.1, 0.15) is 29.8 Å². The third-order valence-electron chi connectivity index (χ3n) is 3.01. The fourth-order valence-corrected chi connectivity index (χ4v) is 2.00. The highest BCUT2D eigenvalue weighted by Crippen LogP contribution is 2.20. The summed E-state index contributed by atoms with van der Waals surface area (Å²) in [5.74, 6) is -3.50. The molecule has 6 nitrogen and oxygen atoms in total. The molecule has 0 saturated heterocycles. The maximum atomic E-state index is 11.3. The Bertz CT molecular complexity index is 599. The molecule has 0 aliphatic carbocycles. The molecular formula is C15H17NO5. The van der Waals surface area contributed by atoms with Crippen molar-refractivity contribution in [1.82, 2.24) is 0 Å². The summed E-state index contributed by atoms with van der Waals surface area (Å²) in [4.78, 5) is 33.5. The molecule has 1 aromatic rings. The van der Waals surface area contributed by atoms with Crippen molar-refractivity contribution in [1.29, 1.82) is 0 Å². The first-order valence-corrected chi connectivity index (χ1v) is 6.32. The maximum absolute atomic E-state index is 11.3. The lowest BCUT2D eigenvalue weighted by atomic mass is 9.92. The number of rotatable bonds is 6. The van der Waals surface area contributed by atoms with E-state index in [1.165, 1.54) is 12.1 Å². The molecule has 0 fully saturated rings. The Hall–Kier alpha value is -2.63. The van der Waals surface area contributed by atoms with Crippen molar-refractivity contribution >= 4 is 17.8 Å². The number of hydrogen-bond donors (Lipinski definition) is 3. The second-order valence-electron chi connectivity index (χ2n) is 4.90. The minimum atomic E-state index is -1.26. The van der Waals surface area contributed by atoms with Crippen molar-refractivity contribution < 1.29 is 24.6 Å². The van der Waals surface area contributed by atoms with E-state index in [1.54, 1.807) is 26.0 Å². The van der Waals surface area contributed by atoms with Crippen molar-refractivity contribution in [3.8, 4) is 0 Å².